The first-order valence-corrected chi connectivity index (χ1v) is 10.3. The van der Waals surface area contributed by atoms with Crippen LogP contribution in [-0.4, -0.2) is 57.4 Å². The van der Waals surface area contributed by atoms with Gasteiger partial charge in [0, 0.05) is 13.1 Å². The van der Waals surface area contributed by atoms with Crippen molar-refractivity contribution in [2.24, 2.45) is 0 Å². The fraction of sp³-hybridized carbons (Fsp3) is 0.304. The van der Waals surface area contributed by atoms with Crippen molar-refractivity contribution in [3.05, 3.63) is 48.9 Å². The third-order valence-electron chi connectivity index (χ3n) is 5.32. The lowest BCUT2D eigenvalue weighted by atomic mass is 10.1. The number of rotatable bonds is 5. The smallest absolute Gasteiger partial charge is 0.246 e. The minimum absolute atomic E-state index is 0.0372. The zero-order valence-electron chi connectivity index (χ0n) is 17.8. The summed E-state index contributed by atoms with van der Waals surface area (Å²) in [5, 5.41) is 5.29. The van der Waals surface area contributed by atoms with E-state index in [0.717, 1.165) is 12.8 Å². The summed E-state index contributed by atoms with van der Waals surface area (Å²) >= 11 is 0. The Morgan fingerprint density at radius 3 is 2.94 bits per heavy atom. The predicted octanol–water partition coefficient (Wildman–Crippen LogP) is 2.20. The van der Waals surface area contributed by atoms with E-state index >= 15 is 0 Å². The molecule has 0 bridgehead atoms. The van der Waals surface area contributed by atoms with Crippen molar-refractivity contribution in [1.82, 2.24) is 24.6 Å². The number of nitrogen functional groups attached to an aromatic ring is 1. The monoisotopic (exact) mass is 432 g/mol. The first kappa shape index (κ1) is 21.2. The molecule has 1 saturated heterocycles. The number of piperidine rings is 1. The van der Waals surface area contributed by atoms with Crippen molar-refractivity contribution in [3.63, 3.8) is 0 Å². The summed E-state index contributed by atoms with van der Waals surface area (Å²) in [5.41, 5.74) is 7.21. The molecule has 4 rings (SSSR count). The molecule has 1 aromatic carbocycles. The molecule has 0 aliphatic carbocycles. The lowest BCUT2D eigenvalue weighted by Gasteiger charge is -2.32. The van der Waals surface area contributed by atoms with Crippen LogP contribution < -0.4 is 15.2 Å². The van der Waals surface area contributed by atoms with Gasteiger partial charge in [-0.2, -0.15) is 5.10 Å². The Bertz CT molecular complexity index is 1210. The quantitative estimate of drug-likeness (QED) is 0.486. The molecule has 0 unspecified atom stereocenters. The minimum atomic E-state index is -0.0891. The van der Waals surface area contributed by atoms with Gasteiger partial charge in [0.25, 0.3) is 0 Å². The Hall–Kier alpha value is -4.06. The lowest BCUT2D eigenvalue weighted by molar-refractivity contribution is -0.127. The number of anilines is 1. The number of methoxy groups -OCH3 is 1. The zero-order valence-corrected chi connectivity index (χ0v) is 17.8. The highest BCUT2D eigenvalue weighted by molar-refractivity contribution is 5.90. The highest BCUT2D eigenvalue weighted by Crippen LogP contribution is 2.28. The van der Waals surface area contributed by atoms with Gasteiger partial charge in [-0.15, -0.1) is 0 Å². The van der Waals surface area contributed by atoms with Crippen molar-refractivity contribution in [1.29, 1.82) is 0 Å². The van der Waals surface area contributed by atoms with E-state index in [2.05, 4.69) is 33.5 Å². The molecule has 1 amide bonds. The molecule has 3 heterocycles. The van der Waals surface area contributed by atoms with Gasteiger partial charge in [-0.3, -0.25) is 4.79 Å². The van der Waals surface area contributed by atoms with Crippen LogP contribution in [0.1, 0.15) is 24.6 Å². The number of nitrogens with two attached hydrogens (primary N) is 1. The fourth-order valence-electron chi connectivity index (χ4n) is 3.79. The van der Waals surface area contributed by atoms with E-state index in [1.165, 1.54) is 12.4 Å². The number of ether oxygens (including phenoxy) is 2. The van der Waals surface area contributed by atoms with E-state index in [1.807, 2.05) is 24.3 Å². The summed E-state index contributed by atoms with van der Waals surface area (Å²) in [5.74, 6) is 7.48. The van der Waals surface area contributed by atoms with E-state index in [4.69, 9.17) is 15.2 Å². The summed E-state index contributed by atoms with van der Waals surface area (Å²) in [4.78, 5) is 22.4. The molecule has 0 radical (unpaired) electrons. The van der Waals surface area contributed by atoms with E-state index in [-0.39, 0.29) is 18.6 Å². The zero-order chi connectivity index (χ0) is 22.5. The Labute approximate surface area is 185 Å². The second-order valence-corrected chi connectivity index (χ2v) is 7.28. The van der Waals surface area contributed by atoms with Gasteiger partial charge in [-0.05, 0) is 37.0 Å². The lowest BCUT2D eigenvalue weighted by Crippen LogP contribution is -2.40. The fourth-order valence-corrected chi connectivity index (χ4v) is 3.79. The minimum Gasteiger partial charge on any atom is -0.493 e. The number of likely N-dealkylation sites (tertiary alicyclic amines) is 1. The third-order valence-corrected chi connectivity index (χ3v) is 5.32. The number of hydrogen-bond acceptors (Lipinski definition) is 7. The van der Waals surface area contributed by atoms with E-state index in [9.17, 15) is 4.79 Å². The molecule has 1 fully saturated rings. The normalized spacial score (nSPS) is 15.7. The van der Waals surface area contributed by atoms with E-state index < -0.39 is 0 Å². The first-order chi connectivity index (χ1) is 15.6. The molecule has 1 aliphatic rings. The topological polar surface area (TPSA) is 108 Å². The highest BCUT2D eigenvalue weighted by atomic mass is 16.5. The van der Waals surface area contributed by atoms with Gasteiger partial charge >= 0.3 is 0 Å². The summed E-state index contributed by atoms with van der Waals surface area (Å²) in [6.45, 7) is 4.95. The van der Waals surface area contributed by atoms with Gasteiger partial charge in [0.15, 0.2) is 17.1 Å². The summed E-state index contributed by atoms with van der Waals surface area (Å²) < 4.78 is 12.8. The average molecular weight is 432 g/mol. The largest absolute Gasteiger partial charge is 0.493 e. The molecular weight excluding hydrogens is 408 g/mol. The van der Waals surface area contributed by atoms with Crippen molar-refractivity contribution < 1.29 is 14.3 Å². The van der Waals surface area contributed by atoms with Gasteiger partial charge in [-0.25, -0.2) is 14.6 Å². The number of benzene rings is 1. The number of para-hydroxylation sites is 2. The maximum Gasteiger partial charge on any atom is 0.246 e. The molecule has 164 valence electrons. The second-order valence-electron chi connectivity index (χ2n) is 7.28. The maximum absolute atomic E-state index is 12.1. The average Bonchev–Trinajstić information content (AvgIpc) is 3.21. The molecule has 1 aliphatic heterocycles. The summed E-state index contributed by atoms with van der Waals surface area (Å²) in [6, 6.07) is 7.33. The van der Waals surface area contributed by atoms with Crippen LogP contribution in [0.2, 0.25) is 0 Å². The third kappa shape index (κ3) is 4.21. The second kappa shape index (κ2) is 9.39. The SMILES string of the molecule is C=CC(=O)N1CCC[C@@H](n2nc(C#CCOc3ccccc3OC)c3c(N)ncnc32)C1. The number of fused-ring (bicyclic) bond motifs is 1. The van der Waals surface area contributed by atoms with Crippen molar-refractivity contribution in [3.8, 4) is 23.3 Å². The standard InChI is InChI=1S/C23H24N6O3/c1-3-20(30)28-12-6-8-16(14-28)29-23-21(22(24)25-15-26-23)17(27-29)9-7-13-32-19-11-5-4-10-18(19)31-2/h3-5,10-11,15-16H,1,6,8,12-14H2,2H3,(H2,24,25,26)/t16-/m1/s1. The number of nitrogens with zero attached hydrogens (tertiary/aromatic N) is 5. The van der Waals surface area contributed by atoms with Crippen LogP contribution >= 0.6 is 0 Å². The molecular formula is C23H24N6O3. The number of hydrogen-bond donors (Lipinski definition) is 1. The molecule has 9 heteroatoms. The number of amides is 1. The van der Waals surface area contributed by atoms with Gasteiger partial charge < -0.3 is 20.1 Å². The molecule has 2 N–H and O–H groups in total. The van der Waals surface area contributed by atoms with Gasteiger partial charge in [0.2, 0.25) is 5.91 Å². The van der Waals surface area contributed by atoms with Gasteiger partial charge in [0.1, 0.15) is 24.4 Å². The van der Waals surface area contributed by atoms with Gasteiger partial charge in [-0.1, -0.05) is 24.6 Å². The van der Waals surface area contributed by atoms with Crippen LogP contribution in [0.25, 0.3) is 11.0 Å². The molecule has 0 spiro atoms. The van der Waals surface area contributed by atoms with E-state index in [0.29, 0.717) is 47.1 Å². The van der Waals surface area contributed by atoms with Crippen LogP contribution in [0.5, 0.6) is 11.5 Å². The number of carbonyl (C=O) groups excluding carboxylic acids is 1. The maximum atomic E-state index is 12.1. The molecule has 9 nitrogen and oxygen atoms in total. The summed E-state index contributed by atoms with van der Waals surface area (Å²) in [7, 11) is 1.59. The van der Waals surface area contributed by atoms with Crippen LogP contribution in [0.3, 0.4) is 0 Å². The summed E-state index contributed by atoms with van der Waals surface area (Å²) in [6.07, 6.45) is 4.47. The molecule has 0 saturated carbocycles. The first-order valence-electron chi connectivity index (χ1n) is 10.3. The van der Waals surface area contributed by atoms with Crippen molar-refractivity contribution in [2.45, 2.75) is 18.9 Å². The number of carbonyl (C=O) groups is 1. The molecule has 32 heavy (non-hydrogen) atoms. The Kier molecular flexibility index (Phi) is 6.22. The predicted molar refractivity (Wildman–Crippen MR) is 120 cm³/mol. The Morgan fingerprint density at radius 2 is 2.16 bits per heavy atom. The highest BCUT2D eigenvalue weighted by Gasteiger charge is 2.27. The van der Waals surface area contributed by atoms with Gasteiger partial charge in [0.05, 0.1) is 18.5 Å². The van der Waals surface area contributed by atoms with Crippen LogP contribution in [0.4, 0.5) is 5.82 Å². The van der Waals surface area contributed by atoms with Crippen molar-refractivity contribution in [2.75, 3.05) is 32.5 Å². The van der Waals surface area contributed by atoms with Crippen molar-refractivity contribution >= 4 is 22.8 Å². The van der Waals surface area contributed by atoms with E-state index in [1.54, 1.807) is 16.7 Å². The Morgan fingerprint density at radius 1 is 1.34 bits per heavy atom. The molecule has 2 aromatic heterocycles. The van der Waals surface area contributed by atoms with Crippen LogP contribution in [0, 0.1) is 11.8 Å². The molecule has 3 aromatic rings. The van der Waals surface area contributed by atoms with Crippen LogP contribution in [0.15, 0.2) is 43.2 Å². The van der Waals surface area contributed by atoms with Crippen LogP contribution in [-0.2, 0) is 4.79 Å². The Balaban J connectivity index is 1.60. The number of aromatic nitrogens is 4. The molecule has 1 atom stereocenters.